The molecule has 1 heterocycles. The first-order valence-corrected chi connectivity index (χ1v) is 6.09. The van der Waals surface area contributed by atoms with Gasteiger partial charge in [0.15, 0.2) is 0 Å². The van der Waals surface area contributed by atoms with Crippen LogP contribution in [0.3, 0.4) is 0 Å². The first-order chi connectivity index (χ1) is 9.41. The monoisotopic (exact) mass is 288 g/mol. The van der Waals surface area contributed by atoms with Gasteiger partial charge in [0.05, 0.1) is 5.56 Å². The van der Waals surface area contributed by atoms with Crippen molar-refractivity contribution >= 4 is 11.7 Å². The van der Waals surface area contributed by atoms with E-state index in [0.717, 1.165) is 12.1 Å². The van der Waals surface area contributed by atoms with Crippen LogP contribution >= 0.6 is 0 Å². The number of amides is 2. The van der Waals surface area contributed by atoms with Gasteiger partial charge in [0, 0.05) is 31.9 Å². The largest absolute Gasteiger partial charge is 0.416 e. The Bertz CT molecular complexity index is 484. The predicted molar refractivity (Wildman–Crippen MR) is 67.9 cm³/mol. The van der Waals surface area contributed by atoms with E-state index in [1.807, 2.05) is 10.3 Å². The SMILES string of the molecule is NNC(=O)N1CCN(c2cccc(C(F)(F)F)c2)CC1. The van der Waals surface area contributed by atoms with Crippen LogP contribution in [0.5, 0.6) is 0 Å². The number of nitrogens with zero attached hydrogens (tertiary/aromatic N) is 2. The summed E-state index contributed by atoms with van der Waals surface area (Å²) in [6.45, 7) is 1.77. The van der Waals surface area contributed by atoms with Crippen molar-refractivity contribution in [3.05, 3.63) is 29.8 Å². The highest BCUT2D eigenvalue weighted by atomic mass is 19.4. The molecule has 1 fully saturated rings. The molecule has 1 aromatic rings. The molecule has 0 atom stereocenters. The second-order valence-electron chi connectivity index (χ2n) is 4.47. The lowest BCUT2D eigenvalue weighted by molar-refractivity contribution is -0.137. The predicted octanol–water partition coefficient (Wildman–Crippen LogP) is 1.41. The van der Waals surface area contributed by atoms with E-state index in [1.165, 1.54) is 11.0 Å². The molecule has 0 bridgehead atoms. The van der Waals surface area contributed by atoms with E-state index in [9.17, 15) is 18.0 Å². The van der Waals surface area contributed by atoms with Crippen LogP contribution < -0.4 is 16.2 Å². The Morgan fingerprint density at radius 3 is 2.40 bits per heavy atom. The fraction of sp³-hybridized carbons (Fsp3) is 0.417. The summed E-state index contributed by atoms with van der Waals surface area (Å²) >= 11 is 0. The molecule has 0 unspecified atom stereocenters. The zero-order chi connectivity index (χ0) is 14.8. The Morgan fingerprint density at radius 2 is 1.85 bits per heavy atom. The number of carbonyl (C=O) groups is 1. The molecule has 2 rings (SSSR count). The molecule has 1 aliphatic heterocycles. The number of piperazine rings is 1. The maximum atomic E-state index is 12.7. The van der Waals surface area contributed by atoms with Crippen molar-refractivity contribution < 1.29 is 18.0 Å². The third-order valence-electron chi connectivity index (χ3n) is 3.23. The fourth-order valence-electron chi connectivity index (χ4n) is 2.14. The summed E-state index contributed by atoms with van der Waals surface area (Å²) in [4.78, 5) is 14.7. The number of hydrogen-bond donors (Lipinski definition) is 2. The molecule has 1 aliphatic rings. The zero-order valence-corrected chi connectivity index (χ0v) is 10.7. The lowest BCUT2D eigenvalue weighted by Crippen LogP contribution is -2.53. The average molecular weight is 288 g/mol. The van der Waals surface area contributed by atoms with Crippen LogP contribution in [0, 0.1) is 0 Å². The van der Waals surface area contributed by atoms with Gasteiger partial charge < -0.3 is 9.80 Å². The molecule has 2 amide bonds. The van der Waals surface area contributed by atoms with Gasteiger partial charge in [-0.1, -0.05) is 6.07 Å². The summed E-state index contributed by atoms with van der Waals surface area (Å²) in [5.74, 6) is 5.04. The Kier molecular flexibility index (Phi) is 4.03. The first kappa shape index (κ1) is 14.4. The second-order valence-corrected chi connectivity index (χ2v) is 4.47. The van der Waals surface area contributed by atoms with Crippen molar-refractivity contribution in [3.8, 4) is 0 Å². The number of alkyl halides is 3. The number of benzene rings is 1. The maximum absolute atomic E-state index is 12.7. The lowest BCUT2D eigenvalue weighted by Gasteiger charge is -2.35. The van der Waals surface area contributed by atoms with Crippen LogP contribution in [0.15, 0.2) is 24.3 Å². The summed E-state index contributed by atoms with van der Waals surface area (Å²) in [6.07, 6.45) is -4.35. The molecule has 5 nitrogen and oxygen atoms in total. The summed E-state index contributed by atoms with van der Waals surface area (Å²) in [7, 11) is 0. The molecule has 110 valence electrons. The van der Waals surface area contributed by atoms with E-state index in [-0.39, 0.29) is 6.03 Å². The summed E-state index contributed by atoms with van der Waals surface area (Å²) in [5.41, 5.74) is 1.88. The smallest absolute Gasteiger partial charge is 0.368 e. The van der Waals surface area contributed by atoms with Gasteiger partial charge >= 0.3 is 12.2 Å². The molecule has 0 aliphatic carbocycles. The molecule has 1 aromatic carbocycles. The molecule has 1 saturated heterocycles. The molecule has 8 heteroatoms. The van der Waals surface area contributed by atoms with Crippen molar-refractivity contribution in [2.24, 2.45) is 5.84 Å². The van der Waals surface area contributed by atoms with Gasteiger partial charge in [-0.15, -0.1) is 0 Å². The van der Waals surface area contributed by atoms with Gasteiger partial charge in [0.2, 0.25) is 0 Å². The number of nitrogens with one attached hydrogen (secondary N) is 1. The van der Waals surface area contributed by atoms with Crippen molar-refractivity contribution in [1.29, 1.82) is 0 Å². The number of urea groups is 1. The summed E-state index contributed by atoms with van der Waals surface area (Å²) in [6, 6.07) is 4.80. The third-order valence-corrected chi connectivity index (χ3v) is 3.23. The molecule has 0 saturated carbocycles. The van der Waals surface area contributed by atoms with E-state index in [4.69, 9.17) is 5.84 Å². The molecule has 0 radical (unpaired) electrons. The third kappa shape index (κ3) is 3.13. The topological polar surface area (TPSA) is 61.6 Å². The van der Waals surface area contributed by atoms with Crippen molar-refractivity contribution in [2.45, 2.75) is 6.18 Å². The first-order valence-electron chi connectivity index (χ1n) is 6.09. The lowest BCUT2D eigenvalue weighted by atomic mass is 10.1. The van der Waals surface area contributed by atoms with E-state index < -0.39 is 11.7 Å². The van der Waals surface area contributed by atoms with Crippen LogP contribution in [-0.2, 0) is 6.18 Å². The van der Waals surface area contributed by atoms with E-state index in [2.05, 4.69) is 0 Å². The van der Waals surface area contributed by atoms with Crippen LogP contribution in [-0.4, -0.2) is 37.1 Å². The fourth-order valence-corrected chi connectivity index (χ4v) is 2.14. The quantitative estimate of drug-likeness (QED) is 0.466. The van der Waals surface area contributed by atoms with Crippen LogP contribution in [0.2, 0.25) is 0 Å². The van der Waals surface area contributed by atoms with Gasteiger partial charge in [-0.25, -0.2) is 10.6 Å². The Hall–Kier alpha value is -1.96. The van der Waals surface area contributed by atoms with Crippen molar-refractivity contribution in [2.75, 3.05) is 31.1 Å². The minimum Gasteiger partial charge on any atom is -0.368 e. The Labute approximate surface area is 114 Å². The van der Waals surface area contributed by atoms with Crippen LogP contribution in [0.1, 0.15) is 5.56 Å². The molecule has 3 N–H and O–H groups in total. The van der Waals surface area contributed by atoms with E-state index >= 15 is 0 Å². The van der Waals surface area contributed by atoms with Crippen LogP contribution in [0.25, 0.3) is 0 Å². The van der Waals surface area contributed by atoms with E-state index in [1.54, 1.807) is 6.07 Å². The standard InChI is InChI=1S/C12H15F3N4O/c13-12(14,15)9-2-1-3-10(8-9)18-4-6-19(7-5-18)11(20)17-16/h1-3,8H,4-7,16H2,(H,17,20). The van der Waals surface area contributed by atoms with Crippen molar-refractivity contribution in [3.63, 3.8) is 0 Å². The van der Waals surface area contributed by atoms with Crippen molar-refractivity contribution in [1.82, 2.24) is 10.3 Å². The minimum atomic E-state index is -4.35. The molecule has 0 aromatic heterocycles. The highest BCUT2D eigenvalue weighted by Crippen LogP contribution is 2.31. The Balaban J connectivity index is 2.06. The van der Waals surface area contributed by atoms with Gasteiger partial charge in [0.25, 0.3) is 0 Å². The number of anilines is 1. The number of halogens is 3. The molecular formula is C12H15F3N4O. The zero-order valence-electron chi connectivity index (χ0n) is 10.7. The minimum absolute atomic E-state index is 0.381. The summed E-state index contributed by atoms with van der Waals surface area (Å²) in [5, 5.41) is 0. The Morgan fingerprint density at radius 1 is 1.20 bits per heavy atom. The number of nitrogens with two attached hydrogens (primary N) is 1. The van der Waals surface area contributed by atoms with Gasteiger partial charge in [-0.2, -0.15) is 13.2 Å². The number of hydrazine groups is 1. The van der Waals surface area contributed by atoms with E-state index in [0.29, 0.717) is 31.9 Å². The maximum Gasteiger partial charge on any atom is 0.416 e. The summed E-state index contributed by atoms with van der Waals surface area (Å²) < 4.78 is 38.0. The molecule has 0 spiro atoms. The highest BCUT2D eigenvalue weighted by molar-refractivity contribution is 5.73. The normalized spacial score (nSPS) is 16.2. The van der Waals surface area contributed by atoms with Gasteiger partial charge in [0.1, 0.15) is 0 Å². The van der Waals surface area contributed by atoms with Gasteiger partial charge in [-0.3, -0.25) is 5.43 Å². The van der Waals surface area contributed by atoms with Crippen LogP contribution in [0.4, 0.5) is 23.7 Å². The molecule has 20 heavy (non-hydrogen) atoms. The number of carbonyl (C=O) groups excluding carboxylic acids is 1. The highest BCUT2D eigenvalue weighted by Gasteiger charge is 2.31. The number of hydrogen-bond acceptors (Lipinski definition) is 3. The number of rotatable bonds is 1. The second kappa shape index (κ2) is 5.58. The average Bonchev–Trinajstić information content (AvgIpc) is 2.46. The van der Waals surface area contributed by atoms with Gasteiger partial charge in [-0.05, 0) is 18.2 Å². The molecular weight excluding hydrogens is 273 g/mol.